The number of carbonyl (C=O) groups excluding carboxylic acids is 2. The van der Waals surface area contributed by atoms with Crippen molar-refractivity contribution in [3.63, 3.8) is 0 Å². The number of nitrogens with zero attached hydrogens (tertiary/aromatic N) is 1. The highest BCUT2D eigenvalue weighted by molar-refractivity contribution is 6.42. The van der Waals surface area contributed by atoms with Gasteiger partial charge in [-0.2, -0.15) is 0 Å². The minimum Gasteiger partial charge on any atom is -0.273 e. The molecular formula is C10H8Cl2N2O2. The van der Waals surface area contributed by atoms with Crippen molar-refractivity contribution in [3.05, 3.63) is 33.8 Å². The SMILES string of the molecule is NN1C(=O)CC(c2ccc(Cl)c(Cl)c2)C1=O. The van der Waals surface area contributed by atoms with E-state index in [1.54, 1.807) is 18.2 Å². The van der Waals surface area contributed by atoms with Crippen LogP contribution < -0.4 is 5.84 Å². The summed E-state index contributed by atoms with van der Waals surface area (Å²) in [6, 6.07) is 4.85. The first-order valence-corrected chi connectivity index (χ1v) is 5.32. The van der Waals surface area contributed by atoms with Crippen LogP contribution in [0.3, 0.4) is 0 Å². The number of halogens is 2. The molecule has 2 N–H and O–H groups in total. The van der Waals surface area contributed by atoms with Crippen LogP contribution in [0.4, 0.5) is 0 Å². The van der Waals surface area contributed by atoms with Gasteiger partial charge in [-0.1, -0.05) is 29.3 Å². The molecule has 0 aliphatic carbocycles. The second-order valence-electron chi connectivity index (χ2n) is 3.53. The van der Waals surface area contributed by atoms with Crippen molar-refractivity contribution >= 4 is 35.0 Å². The maximum Gasteiger partial charge on any atom is 0.251 e. The molecule has 0 bridgehead atoms. The van der Waals surface area contributed by atoms with Crippen molar-refractivity contribution in [2.45, 2.75) is 12.3 Å². The topological polar surface area (TPSA) is 63.4 Å². The fraction of sp³-hybridized carbons (Fsp3) is 0.200. The zero-order valence-corrected chi connectivity index (χ0v) is 9.63. The van der Waals surface area contributed by atoms with Gasteiger partial charge in [0, 0.05) is 6.42 Å². The van der Waals surface area contributed by atoms with Crippen LogP contribution in [0.2, 0.25) is 10.0 Å². The summed E-state index contributed by atoms with van der Waals surface area (Å²) < 4.78 is 0. The quantitative estimate of drug-likeness (QED) is 0.474. The highest BCUT2D eigenvalue weighted by atomic mass is 35.5. The number of hydrazine groups is 1. The van der Waals surface area contributed by atoms with Crippen LogP contribution in [0.1, 0.15) is 17.9 Å². The van der Waals surface area contributed by atoms with E-state index in [2.05, 4.69) is 0 Å². The minimum absolute atomic E-state index is 0.0767. The number of hydrogen-bond acceptors (Lipinski definition) is 3. The Hall–Kier alpha value is -1.10. The van der Waals surface area contributed by atoms with E-state index in [0.717, 1.165) is 0 Å². The van der Waals surface area contributed by atoms with Gasteiger partial charge in [0.1, 0.15) is 0 Å². The molecule has 1 atom stereocenters. The fourth-order valence-corrected chi connectivity index (χ4v) is 1.95. The van der Waals surface area contributed by atoms with Gasteiger partial charge < -0.3 is 0 Å². The highest BCUT2D eigenvalue weighted by Gasteiger charge is 2.37. The molecule has 1 aromatic carbocycles. The molecule has 1 aliphatic rings. The molecule has 1 aromatic rings. The van der Waals surface area contributed by atoms with E-state index in [9.17, 15) is 9.59 Å². The summed E-state index contributed by atoms with van der Waals surface area (Å²) in [5.41, 5.74) is 0.653. The number of carbonyl (C=O) groups is 2. The van der Waals surface area contributed by atoms with E-state index < -0.39 is 11.8 Å². The van der Waals surface area contributed by atoms with E-state index in [4.69, 9.17) is 29.0 Å². The minimum atomic E-state index is -0.549. The number of hydrogen-bond donors (Lipinski definition) is 1. The Kier molecular flexibility index (Phi) is 2.88. The Morgan fingerprint density at radius 2 is 1.94 bits per heavy atom. The van der Waals surface area contributed by atoms with Gasteiger partial charge in [-0.25, -0.2) is 10.9 Å². The summed E-state index contributed by atoms with van der Waals surface area (Å²) in [5, 5.41) is 1.41. The summed E-state index contributed by atoms with van der Waals surface area (Å²) in [6.45, 7) is 0. The summed E-state index contributed by atoms with van der Waals surface area (Å²) in [7, 11) is 0. The average molecular weight is 259 g/mol. The van der Waals surface area contributed by atoms with Crippen LogP contribution >= 0.6 is 23.2 Å². The second kappa shape index (κ2) is 4.05. The first-order chi connectivity index (χ1) is 7.50. The molecule has 1 unspecified atom stereocenters. The normalized spacial score (nSPS) is 20.7. The van der Waals surface area contributed by atoms with Crippen LogP contribution in [-0.4, -0.2) is 16.8 Å². The van der Waals surface area contributed by atoms with Crippen LogP contribution in [-0.2, 0) is 9.59 Å². The third-order valence-corrected chi connectivity index (χ3v) is 3.27. The van der Waals surface area contributed by atoms with Gasteiger partial charge in [0.25, 0.3) is 5.91 Å². The molecule has 0 saturated carbocycles. The Balaban J connectivity index is 2.35. The molecule has 2 rings (SSSR count). The molecule has 0 aromatic heterocycles. The first kappa shape index (κ1) is 11.4. The van der Waals surface area contributed by atoms with Gasteiger partial charge in [-0.05, 0) is 17.7 Å². The van der Waals surface area contributed by atoms with E-state index >= 15 is 0 Å². The largest absolute Gasteiger partial charge is 0.273 e. The van der Waals surface area contributed by atoms with Gasteiger partial charge in [-0.15, -0.1) is 0 Å². The van der Waals surface area contributed by atoms with Crippen LogP contribution in [0.5, 0.6) is 0 Å². The van der Waals surface area contributed by atoms with Crippen LogP contribution in [0.15, 0.2) is 18.2 Å². The predicted octanol–water partition coefficient (Wildman–Crippen LogP) is 1.71. The molecule has 1 fully saturated rings. The lowest BCUT2D eigenvalue weighted by molar-refractivity contribution is -0.139. The van der Waals surface area contributed by atoms with Crippen LogP contribution in [0, 0.1) is 0 Å². The summed E-state index contributed by atoms with van der Waals surface area (Å²) >= 11 is 11.6. The monoisotopic (exact) mass is 258 g/mol. The molecule has 1 aliphatic heterocycles. The van der Waals surface area contributed by atoms with Crippen molar-refractivity contribution in [1.82, 2.24) is 5.01 Å². The summed E-state index contributed by atoms with van der Waals surface area (Å²) in [6.07, 6.45) is 0.0767. The van der Waals surface area contributed by atoms with Crippen molar-refractivity contribution in [2.24, 2.45) is 5.84 Å². The molecular weight excluding hydrogens is 251 g/mol. The highest BCUT2D eigenvalue weighted by Crippen LogP contribution is 2.32. The van der Waals surface area contributed by atoms with Crippen molar-refractivity contribution < 1.29 is 9.59 Å². The van der Waals surface area contributed by atoms with Gasteiger partial charge >= 0.3 is 0 Å². The molecule has 6 heteroatoms. The maximum absolute atomic E-state index is 11.6. The zero-order valence-electron chi connectivity index (χ0n) is 8.11. The molecule has 1 saturated heterocycles. The van der Waals surface area contributed by atoms with Gasteiger partial charge in [-0.3, -0.25) is 9.59 Å². The Labute approximate surface area is 102 Å². The van der Waals surface area contributed by atoms with Crippen LogP contribution in [0.25, 0.3) is 0 Å². The second-order valence-corrected chi connectivity index (χ2v) is 4.35. The van der Waals surface area contributed by atoms with E-state index in [-0.39, 0.29) is 12.3 Å². The van der Waals surface area contributed by atoms with E-state index in [1.165, 1.54) is 0 Å². The number of benzene rings is 1. The molecule has 0 radical (unpaired) electrons. The lowest BCUT2D eigenvalue weighted by Crippen LogP contribution is -2.36. The summed E-state index contributed by atoms with van der Waals surface area (Å²) in [5.74, 6) is 3.94. The fourth-order valence-electron chi connectivity index (χ4n) is 1.64. The third kappa shape index (κ3) is 1.80. The average Bonchev–Trinajstić information content (AvgIpc) is 2.50. The smallest absolute Gasteiger partial charge is 0.251 e. The predicted molar refractivity (Wildman–Crippen MR) is 59.9 cm³/mol. The molecule has 2 amide bonds. The van der Waals surface area contributed by atoms with Crippen molar-refractivity contribution in [1.29, 1.82) is 0 Å². The van der Waals surface area contributed by atoms with Crippen molar-refractivity contribution in [2.75, 3.05) is 0 Å². The van der Waals surface area contributed by atoms with E-state index in [1.807, 2.05) is 0 Å². The zero-order chi connectivity index (χ0) is 11.9. The van der Waals surface area contributed by atoms with Gasteiger partial charge in [0.05, 0.1) is 16.0 Å². The first-order valence-electron chi connectivity index (χ1n) is 4.57. The molecule has 1 heterocycles. The molecule has 0 spiro atoms. The number of imide groups is 1. The van der Waals surface area contributed by atoms with Gasteiger partial charge in [0.15, 0.2) is 0 Å². The van der Waals surface area contributed by atoms with Crippen molar-refractivity contribution in [3.8, 4) is 0 Å². The standard InChI is InChI=1S/C10H8Cl2N2O2/c11-7-2-1-5(3-8(7)12)6-4-9(15)14(13)10(6)16/h1-3,6H,4,13H2. The van der Waals surface area contributed by atoms with Gasteiger partial charge in [0.2, 0.25) is 5.91 Å². The number of rotatable bonds is 1. The maximum atomic E-state index is 11.6. The third-order valence-electron chi connectivity index (χ3n) is 2.53. The Morgan fingerprint density at radius 1 is 1.25 bits per heavy atom. The molecule has 4 nitrogen and oxygen atoms in total. The Morgan fingerprint density at radius 3 is 2.44 bits per heavy atom. The summed E-state index contributed by atoms with van der Waals surface area (Å²) in [4.78, 5) is 22.9. The number of amides is 2. The van der Waals surface area contributed by atoms with E-state index in [0.29, 0.717) is 20.6 Å². The lowest BCUT2D eigenvalue weighted by Gasteiger charge is -2.09. The molecule has 84 valence electrons. The Bertz CT molecular complexity index is 476. The number of nitrogens with two attached hydrogens (primary N) is 1. The molecule has 16 heavy (non-hydrogen) atoms. The lowest BCUT2D eigenvalue weighted by atomic mass is 9.98.